The van der Waals surface area contributed by atoms with E-state index in [-0.39, 0.29) is 23.3 Å². The summed E-state index contributed by atoms with van der Waals surface area (Å²) < 4.78 is 0. The fourth-order valence-corrected chi connectivity index (χ4v) is 5.09. The number of imidazole rings is 1. The third-order valence-electron chi connectivity index (χ3n) is 6.97. The number of likely N-dealkylation sites (tertiary alicyclic amines) is 3. The molecule has 8 nitrogen and oxygen atoms in total. The number of aromatic nitrogens is 2. The van der Waals surface area contributed by atoms with E-state index in [2.05, 4.69) is 14.9 Å². The van der Waals surface area contributed by atoms with Crippen LogP contribution in [0.25, 0.3) is 0 Å². The van der Waals surface area contributed by atoms with E-state index in [0.29, 0.717) is 19.5 Å². The Morgan fingerprint density at radius 3 is 2.83 bits per heavy atom. The van der Waals surface area contributed by atoms with Gasteiger partial charge in [-0.1, -0.05) is 0 Å². The highest BCUT2D eigenvalue weighted by Crippen LogP contribution is 2.40. The van der Waals surface area contributed by atoms with Crippen molar-refractivity contribution >= 4 is 11.8 Å². The third kappa shape index (κ3) is 4.98. The smallest absolute Gasteiger partial charge is 0.236 e. The molecular weight excluding hydrogens is 370 g/mol. The maximum absolute atomic E-state index is 12.7. The first-order valence-electron chi connectivity index (χ1n) is 11.0. The summed E-state index contributed by atoms with van der Waals surface area (Å²) in [6.07, 6.45) is 9.27. The molecule has 0 aliphatic carbocycles. The van der Waals surface area contributed by atoms with Crippen LogP contribution in [0.1, 0.15) is 44.2 Å². The van der Waals surface area contributed by atoms with Gasteiger partial charge >= 0.3 is 0 Å². The van der Waals surface area contributed by atoms with Crippen molar-refractivity contribution in [2.45, 2.75) is 51.0 Å². The monoisotopic (exact) mass is 403 g/mol. The van der Waals surface area contributed by atoms with Gasteiger partial charge in [-0.25, -0.2) is 4.98 Å². The van der Waals surface area contributed by atoms with Crippen LogP contribution < -0.4 is 0 Å². The molecule has 0 unspecified atom stereocenters. The van der Waals surface area contributed by atoms with Gasteiger partial charge in [0.2, 0.25) is 11.8 Å². The van der Waals surface area contributed by atoms with Gasteiger partial charge in [0.1, 0.15) is 0 Å². The number of nitrogens with one attached hydrogen (secondary N) is 1. The van der Waals surface area contributed by atoms with Crippen LogP contribution in [0.4, 0.5) is 0 Å². The van der Waals surface area contributed by atoms with Crippen molar-refractivity contribution in [1.29, 1.82) is 0 Å². The number of nitrogens with zero attached hydrogens (tertiary/aromatic N) is 4. The van der Waals surface area contributed by atoms with E-state index in [9.17, 15) is 14.7 Å². The van der Waals surface area contributed by atoms with Crippen LogP contribution in [0, 0.1) is 5.41 Å². The van der Waals surface area contributed by atoms with Gasteiger partial charge in [0.05, 0.1) is 19.0 Å². The predicted molar refractivity (Wildman–Crippen MR) is 108 cm³/mol. The molecule has 0 aromatic carbocycles. The van der Waals surface area contributed by atoms with Gasteiger partial charge < -0.3 is 19.9 Å². The second-order valence-corrected chi connectivity index (χ2v) is 9.05. The number of aliphatic hydroxyl groups is 1. The minimum absolute atomic E-state index is 0.153. The number of carbonyl (C=O) groups excluding carboxylic acids is 2. The molecule has 2 amide bonds. The van der Waals surface area contributed by atoms with Crippen LogP contribution in [0.5, 0.6) is 0 Å². The Bertz CT molecular complexity index is 699. The van der Waals surface area contributed by atoms with E-state index in [1.54, 1.807) is 6.33 Å². The zero-order valence-corrected chi connectivity index (χ0v) is 17.2. The van der Waals surface area contributed by atoms with Gasteiger partial charge in [0.25, 0.3) is 0 Å². The van der Waals surface area contributed by atoms with Crippen molar-refractivity contribution in [1.82, 2.24) is 24.7 Å². The van der Waals surface area contributed by atoms with Crippen LogP contribution in [0.2, 0.25) is 0 Å². The predicted octanol–water partition coefficient (Wildman–Crippen LogP) is 0.640. The summed E-state index contributed by atoms with van der Waals surface area (Å²) in [5.41, 5.74) is 1.21. The first-order valence-corrected chi connectivity index (χ1v) is 11.0. The summed E-state index contributed by atoms with van der Waals surface area (Å²) in [5, 5.41) is 9.82. The summed E-state index contributed by atoms with van der Waals surface area (Å²) in [6.45, 7) is 5.00. The van der Waals surface area contributed by atoms with E-state index < -0.39 is 0 Å². The van der Waals surface area contributed by atoms with Crippen molar-refractivity contribution < 1.29 is 14.7 Å². The summed E-state index contributed by atoms with van der Waals surface area (Å²) in [5.74, 6) is 0.425. The van der Waals surface area contributed by atoms with Gasteiger partial charge in [-0.15, -0.1) is 0 Å². The fourth-order valence-electron chi connectivity index (χ4n) is 5.09. The topological polar surface area (TPSA) is 92.8 Å². The zero-order valence-electron chi connectivity index (χ0n) is 17.2. The van der Waals surface area contributed by atoms with Gasteiger partial charge in [0, 0.05) is 57.5 Å². The molecule has 8 heteroatoms. The maximum Gasteiger partial charge on any atom is 0.236 e. The molecule has 3 saturated heterocycles. The Balaban J connectivity index is 1.27. The molecule has 0 radical (unpaired) electrons. The van der Waals surface area contributed by atoms with E-state index >= 15 is 0 Å². The van der Waals surface area contributed by atoms with Crippen molar-refractivity contribution in [3.63, 3.8) is 0 Å². The number of β-amino-alcohol motifs (C(OH)–C–C–N with tert-alkyl or cyclic N) is 1. The number of aliphatic hydroxyl groups excluding tert-OH is 1. The Kier molecular flexibility index (Phi) is 6.20. The fraction of sp³-hybridized carbons (Fsp3) is 0.762. The van der Waals surface area contributed by atoms with Crippen LogP contribution >= 0.6 is 0 Å². The normalized spacial score (nSPS) is 25.6. The first kappa shape index (κ1) is 20.3. The van der Waals surface area contributed by atoms with Gasteiger partial charge in [-0.2, -0.15) is 0 Å². The van der Waals surface area contributed by atoms with Crippen molar-refractivity contribution in [3.05, 3.63) is 18.2 Å². The lowest BCUT2D eigenvalue weighted by atomic mass is 9.72. The molecule has 0 bridgehead atoms. The van der Waals surface area contributed by atoms with Gasteiger partial charge in [-0.3, -0.25) is 14.5 Å². The number of rotatable bonds is 5. The number of carbonyl (C=O) groups is 2. The standard InChI is InChI=1S/C21H33N5O3/c27-18-2-1-8-24(13-18)14-20(29)25-10-6-21(7-11-25)5-3-19(28)26(15-21)9-4-17-12-22-16-23-17/h12,16,18,27H,1-11,13-15H2,(H,22,23)/t18-/m0/s1. The molecular formula is C21H33N5O3. The van der Waals surface area contributed by atoms with Crippen molar-refractivity contribution in [2.24, 2.45) is 5.41 Å². The van der Waals surface area contributed by atoms with Crippen molar-refractivity contribution in [2.75, 3.05) is 45.8 Å². The summed E-state index contributed by atoms with van der Waals surface area (Å²) in [7, 11) is 0. The van der Waals surface area contributed by atoms with Crippen LogP contribution in [0.15, 0.2) is 12.5 Å². The number of hydrogen-bond donors (Lipinski definition) is 2. The number of aromatic amines is 1. The van der Waals surface area contributed by atoms with Gasteiger partial charge in [0.15, 0.2) is 0 Å². The summed E-state index contributed by atoms with van der Waals surface area (Å²) >= 11 is 0. The molecule has 3 aliphatic heterocycles. The lowest BCUT2D eigenvalue weighted by molar-refractivity contribution is -0.143. The molecule has 1 aromatic rings. The summed E-state index contributed by atoms with van der Waals surface area (Å²) in [6, 6.07) is 0. The molecule has 1 spiro atoms. The minimum Gasteiger partial charge on any atom is -0.392 e. The first-order chi connectivity index (χ1) is 14.0. The Hall–Kier alpha value is -1.93. The van der Waals surface area contributed by atoms with E-state index in [1.807, 2.05) is 16.0 Å². The molecule has 3 aliphatic rings. The SMILES string of the molecule is O=C(CN1CCC[C@H](O)C1)N1CCC2(CCC(=O)N(CCc3cnc[nH]3)C2)CC1. The molecule has 0 saturated carbocycles. The van der Waals surface area contributed by atoms with Gasteiger partial charge in [-0.05, 0) is 44.1 Å². The second kappa shape index (κ2) is 8.83. The van der Waals surface area contributed by atoms with Crippen molar-refractivity contribution in [3.8, 4) is 0 Å². The lowest BCUT2D eigenvalue weighted by Crippen LogP contribution is -2.54. The molecule has 160 valence electrons. The molecule has 4 rings (SSSR count). The number of amides is 2. The van der Waals surface area contributed by atoms with Crippen LogP contribution in [-0.4, -0.2) is 93.5 Å². The quantitative estimate of drug-likeness (QED) is 0.753. The molecule has 2 N–H and O–H groups in total. The molecule has 1 atom stereocenters. The molecule has 4 heterocycles. The second-order valence-electron chi connectivity index (χ2n) is 9.05. The number of piperidine rings is 3. The number of H-pyrrole nitrogens is 1. The third-order valence-corrected chi connectivity index (χ3v) is 6.97. The molecule has 29 heavy (non-hydrogen) atoms. The highest BCUT2D eigenvalue weighted by molar-refractivity contribution is 5.79. The minimum atomic E-state index is -0.298. The number of hydrogen-bond acceptors (Lipinski definition) is 5. The van der Waals surface area contributed by atoms with E-state index in [0.717, 1.165) is 76.9 Å². The summed E-state index contributed by atoms with van der Waals surface area (Å²) in [4.78, 5) is 38.4. The largest absolute Gasteiger partial charge is 0.392 e. The van der Waals surface area contributed by atoms with E-state index in [4.69, 9.17) is 0 Å². The average molecular weight is 404 g/mol. The molecule has 3 fully saturated rings. The van der Waals surface area contributed by atoms with Crippen LogP contribution in [0.3, 0.4) is 0 Å². The molecule has 1 aromatic heterocycles. The highest BCUT2D eigenvalue weighted by atomic mass is 16.3. The Morgan fingerprint density at radius 1 is 1.28 bits per heavy atom. The maximum atomic E-state index is 12.7. The average Bonchev–Trinajstić information content (AvgIpc) is 3.23. The highest BCUT2D eigenvalue weighted by Gasteiger charge is 2.41. The zero-order chi connectivity index (χ0) is 20.3. The Labute approximate surface area is 172 Å². The lowest BCUT2D eigenvalue weighted by Gasteiger charge is -2.47. The van der Waals surface area contributed by atoms with Crippen LogP contribution in [-0.2, 0) is 16.0 Å². The van der Waals surface area contributed by atoms with E-state index in [1.165, 1.54) is 0 Å². The Morgan fingerprint density at radius 2 is 2.10 bits per heavy atom.